The van der Waals surface area contributed by atoms with E-state index in [0.29, 0.717) is 33.9 Å². The number of hydrogen-bond donors (Lipinski definition) is 1. The van der Waals surface area contributed by atoms with Crippen LogP contribution >= 0.6 is 23.1 Å². The maximum absolute atomic E-state index is 13.3. The SMILES string of the molecule is Cc1cc(SC(Cc2ccc(-c3cccc(C(F)(F)F)c3)cc2)c2sc(-c3ccc(C(F)(F)F)cc3)nc2C)ccc1OC/C=[N+](\[O-])O. The number of nitrogens with zero attached hydrogens (tertiary/aromatic N) is 2. The van der Waals surface area contributed by atoms with Gasteiger partial charge in [-0.2, -0.15) is 26.3 Å². The molecule has 1 N–H and O–H groups in total. The highest BCUT2D eigenvalue weighted by Crippen LogP contribution is 2.45. The van der Waals surface area contributed by atoms with Gasteiger partial charge in [0.1, 0.15) is 10.8 Å². The van der Waals surface area contributed by atoms with Crippen molar-refractivity contribution in [1.82, 2.24) is 4.98 Å². The normalized spacial score (nSPS) is 13.0. The van der Waals surface area contributed by atoms with Gasteiger partial charge in [-0.05, 0) is 85.0 Å². The number of benzene rings is 4. The topological polar surface area (TPSA) is 68.4 Å². The van der Waals surface area contributed by atoms with Crippen LogP contribution in [0.3, 0.4) is 0 Å². The summed E-state index contributed by atoms with van der Waals surface area (Å²) in [5.41, 5.74) is 2.61. The minimum absolute atomic E-state index is 0.126. The molecule has 5 aromatic rings. The zero-order valence-electron chi connectivity index (χ0n) is 25.5. The number of aromatic nitrogens is 1. The highest BCUT2D eigenvalue weighted by Gasteiger charge is 2.31. The molecular formula is C35H28F6N2O3S2. The maximum atomic E-state index is 13.3. The highest BCUT2D eigenvalue weighted by atomic mass is 32.2. The molecule has 1 heterocycles. The smallest absolute Gasteiger partial charge is 0.416 e. The van der Waals surface area contributed by atoms with Crippen LogP contribution in [0.5, 0.6) is 5.75 Å². The summed E-state index contributed by atoms with van der Waals surface area (Å²) in [5.74, 6) is 0.526. The van der Waals surface area contributed by atoms with Crippen LogP contribution in [0.2, 0.25) is 0 Å². The molecule has 1 unspecified atom stereocenters. The van der Waals surface area contributed by atoms with Gasteiger partial charge in [-0.15, -0.1) is 23.1 Å². The lowest BCUT2D eigenvalue weighted by Gasteiger charge is -2.18. The van der Waals surface area contributed by atoms with E-state index in [1.165, 1.54) is 29.5 Å². The van der Waals surface area contributed by atoms with Crippen molar-refractivity contribution in [3.63, 3.8) is 0 Å². The number of halogens is 6. The molecule has 1 aromatic heterocycles. The molecule has 0 saturated carbocycles. The van der Waals surface area contributed by atoms with Gasteiger partial charge in [-0.3, -0.25) is 5.21 Å². The van der Waals surface area contributed by atoms with E-state index in [2.05, 4.69) is 0 Å². The molecule has 0 saturated heterocycles. The summed E-state index contributed by atoms with van der Waals surface area (Å²) < 4.78 is 84.9. The monoisotopic (exact) mass is 702 g/mol. The molecule has 5 rings (SSSR count). The molecule has 0 aliphatic carbocycles. The van der Waals surface area contributed by atoms with Gasteiger partial charge in [0.2, 0.25) is 6.21 Å². The number of rotatable bonds is 10. The number of thioether (sulfide) groups is 1. The van der Waals surface area contributed by atoms with Crippen molar-refractivity contribution in [3.05, 3.63) is 129 Å². The number of hydrogen-bond acceptors (Lipinski definition) is 6. The third kappa shape index (κ3) is 8.70. The average Bonchev–Trinajstić information content (AvgIpc) is 3.42. The Labute approximate surface area is 280 Å². The van der Waals surface area contributed by atoms with Crippen molar-refractivity contribution >= 4 is 29.3 Å². The first kappa shape index (κ1) is 34.8. The Kier molecular flexibility index (Phi) is 10.4. The summed E-state index contributed by atoms with van der Waals surface area (Å²) in [7, 11) is 0. The van der Waals surface area contributed by atoms with Gasteiger partial charge in [0.25, 0.3) is 0 Å². The third-order valence-electron chi connectivity index (χ3n) is 7.38. The zero-order chi connectivity index (χ0) is 34.6. The van der Waals surface area contributed by atoms with E-state index < -0.39 is 23.5 Å². The fourth-order valence-electron chi connectivity index (χ4n) is 4.95. The van der Waals surface area contributed by atoms with Crippen LogP contribution in [0.1, 0.15) is 38.1 Å². The fourth-order valence-corrected chi connectivity index (χ4v) is 7.57. The van der Waals surface area contributed by atoms with E-state index in [9.17, 15) is 31.5 Å². The van der Waals surface area contributed by atoms with Gasteiger partial charge >= 0.3 is 12.4 Å². The lowest BCUT2D eigenvalue weighted by atomic mass is 10.00. The molecule has 13 heteroatoms. The average molecular weight is 703 g/mol. The van der Waals surface area contributed by atoms with Crippen molar-refractivity contribution in [2.75, 3.05) is 6.61 Å². The van der Waals surface area contributed by atoms with E-state index in [-0.39, 0.29) is 16.8 Å². The molecule has 250 valence electrons. The molecule has 4 aromatic carbocycles. The molecule has 5 nitrogen and oxygen atoms in total. The predicted octanol–water partition coefficient (Wildman–Crippen LogP) is 10.6. The van der Waals surface area contributed by atoms with Crippen LogP contribution in [0.25, 0.3) is 21.7 Å². The van der Waals surface area contributed by atoms with Gasteiger partial charge in [0, 0.05) is 25.5 Å². The first-order chi connectivity index (χ1) is 22.7. The summed E-state index contributed by atoms with van der Waals surface area (Å²) in [6.45, 7) is 3.57. The van der Waals surface area contributed by atoms with E-state index in [1.54, 1.807) is 36.0 Å². The second-order valence-corrected chi connectivity index (χ2v) is 13.2. The first-order valence-electron chi connectivity index (χ1n) is 14.5. The fraction of sp³-hybridized carbons (Fsp3) is 0.200. The van der Waals surface area contributed by atoms with Gasteiger partial charge in [-0.25, -0.2) is 4.98 Å². The van der Waals surface area contributed by atoms with E-state index in [0.717, 1.165) is 57.1 Å². The molecular weight excluding hydrogens is 675 g/mol. The van der Waals surface area contributed by atoms with Gasteiger partial charge in [0.05, 0.1) is 16.8 Å². The van der Waals surface area contributed by atoms with Crippen molar-refractivity contribution in [3.8, 4) is 27.4 Å². The van der Waals surface area contributed by atoms with Crippen molar-refractivity contribution in [2.45, 2.75) is 42.8 Å². The highest BCUT2D eigenvalue weighted by molar-refractivity contribution is 7.99. The number of aryl methyl sites for hydroxylation is 2. The Morgan fingerprint density at radius 3 is 2.15 bits per heavy atom. The van der Waals surface area contributed by atoms with Crippen LogP contribution in [0, 0.1) is 19.1 Å². The van der Waals surface area contributed by atoms with Crippen molar-refractivity contribution < 1.29 is 41.2 Å². The van der Waals surface area contributed by atoms with Crippen molar-refractivity contribution in [1.29, 1.82) is 0 Å². The summed E-state index contributed by atoms with van der Waals surface area (Å²) >= 11 is 2.95. The first-order valence-corrected chi connectivity index (χ1v) is 16.2. The predicted molar refractivity (Wildman–Crippen MR) is 175 cm³/mol. The minimum atomic E-state index is -4.45. The second kappa shape index (κ2) is 14.3. The maximum Gasteiger partial charge on any atom is 0.416 e. The van der Waals surface area contributed by atoms with Gasteiger partial charge in [0.15, 0.2) is 6.61 Å². The number of thiazole rings is 1. The van der Waals surface area contributed by atoms with Crippen LogP contribution in [-0.4, -0.2) is 27.9 Å². The number of ether oxygens (including phenoxy) is 1. The van der Waals surface area contributed by atoms with E-state index in [4.69, 9.17) is 14.9 Å². The van der Waals surface area contributed by atoms with Crippen molar-refractivity contribution in [2.24, 2.45) is 0 Å². The van der Waals surface area contributed by atoms with Crippen LogP contribution in [-0.2, 0) is 18.8 Å². The Hall–Kier alpha value is -4.49. The molecule has 0 radical (unpaired) electrons. The van der Waals surface area contributed by atoms with Gasteiger partial charge < -0.3 is 9.94 Å². The molecule has 1 atom stereocenters. The standard InChI is InChI=1S/C35H28F6N2O3S2/c1-21-18-29(14-15-30(21)46-17-16-43(44)45)47-31(32-22(2)42-33(48-32)25-10-12-27(13-11-25)34(36,37)38)19-23-6-8-24(9-7-23)26-4-3-5-28(20-26)35(39,40)41/h3-16,18,20,31H,17,19H2,1-2H3,(H,44,45). The molecule has 0 aliphatic heterocycles. The Morgan fingerprint density at radius 1 is 0.854 bits per heavy atom. The summed E-state index contributed by atoms with van der Waals surface area (Å²) in [6.07, 6.45) is -7.46. The molecule has 0 spiro atoms. The number of alkyl halides is 6. The molecule has 0 bridgehead atoms. The lowest BCUT2D eigenvalue weighted by molar-refractivity contribution is -0.723. The van der Waals surface area contributed by atoms with Crippen LogP contribution < -0.4 is 4.74 Å². The van der Waals surface area contributed by atoms with Crippen LogP contribution in [0.15, 0.2) is 95.9 Å². The molecule has 48 heavy (non-hydrogen) atoms. The Bertz CT molecular complexity index is 1900. The minimum Gasteiger partial charge on any atom is -0.483 e. The van der Waals surface area contributed by atoms with Gasteiger partial charge in [-0.1, -0.05) is 48.5 Å². The third-order valence-corrected chi connectivity index (χ3v) is 10.1. The van der Waals surface area contributed by atoms with E-state index in [1.807, 2.05) is 38.1 Å². The largest absolute Gasteiger partial charge is 0.483 e. The summed E-state index contributed by atoms with van der Waals surface area (Å²) in [6, 6.07) is 22.9. The quantitative estimate of drug-likeness (QED) is 0.0392. The zero-order valence-corrected chi connectivity index (χ0v) is 27.1. The summed E-state index contributed by atoms with van der Waals surface area (Å²) in [4.78, 5) is 6.18. The molecule has 0 amide bonds. The lowest BCUT2D eigenvalue weighted by Crippen LogP contribution is -2.07. The molecule has 0 aliphatic rings. The second-order valence-electron chi connectivity index (χ2n) is 10.9. The molecule has 0 fully saturated rings. The Morgan fingerprint density at radius 2 is 1.52 bits per heavy atom. The van der Waals surface area contributed by atoms with E-state index >= 15 is 0 Å². The van der Waals surface area contributed by atoms with Crippen LogP contribution in [0.4, 0.5) is 26.3 Å². The Balaban J connectivity index is 1.44. The summed E-state index contributed by atoms with van der Waals surface area (Å²) in [5, 5.41) is 19.9.